The molecule has 0 aromatic heterocycles. The molecule has 0 amide bonds. The summed E-state index contributed by atoms with van der Waals surface area (Å²) in [4.78, 5) is 0. The summed E-state index contributed by atoms with van der Waals surface area (Å²) in [5.41, 5.74) is 5.51. The smallest absolute Gasteiger partial charge is 0.150 e. The van der Waals surface area contributed by atoms with Gasteiger partial charge in [0.1, 0.15) is 0 Å². The summed E-state index contributed by atoms with van der Waals surface area (Å²) in [6, 6.07) is 0. The number of sulfone groups is 1. The van der Waals surface area contributed by atoms with Gasteiger partial charge in [-0.05, 0) is 37.6 Å². The Kier molecular flexibility index (Phi) is 4.55. The van der Waals surface area contributed by atoms with Crippen LogP contribution in [-0.2, 0) is 14.6 Å². The van der Waals surface area contributed by atoms with Gasteiger partial charge in [-0.25, -0.2) is 8.42 Å². The van der Waals surface area contributed by atoms with E-state index in [9.17, 15) is 8.42 Å². The maximum Gasteiger partial charge on any atom is 0.150 e. The molecule has 0 aromatic rings. The third kappa shape index (κ3) is 4.49. The van der Waals surface area contributed by atoms with Crippen LogP contribution in [0.25, 0.3) is 0 Å². The van der Waals surface area contributed by atoms with Crippen LogP contribution in [0.2, 0.25) is 0 Å². The van der Waals surface area contributed by atoms with Crippen molar-refractivity contribution >= 4 is 9.84 Å². The minimum atomic E-state index is -2.91. The van der Waals surface area contributed by atoms with Crippen molar-refractivity contribution in [3.8, 4) is 0 Å². The van der Waals surface area contributed by atoms with Crippen molar-refractivity contribution in [2.24, 2.45) is 11.1 Å². The predicted octanol–water partition coefficient (Wildman–Crippen LogP) is 0.567. The van der Waals surface area contributed by atoms with E-state index < -0.39 is 9.84 Å². The Balaban J connectivity index is 2.35. The Labute approximate surface area is 92.1 Å². The fourth-order valence-corrected chi connectivity index (χ4v) is 3.98. The van der Waals surface area contributed by atoms with Crippen molar-refractivity contribution in [2.45, 2.75) is 25.7 Å². The molecule has 1 rings (SSSR count). The molecule has 1 fully saturated rings. The van der Waals surface area contributed by atoms with Gasteiger partial charge in [0.25, 0.3) is 0 Å². The fourth-order valence-electron chi connectivity index (χ4n) is 1.91. The molecule has 0 heterocycles. The Hall–Kier alpha value is -0.130. The summed E-state index contributed by atoms with van der Waals surface area (Å²) in [5.74, 6) is 0.564. The van der Waals surface area contributed by atoms with Gasteiger partial charge in [-0.2, -0.15) is 0 Å². The largest absolute Gasteiger partial charge is 0.385 e. The zero-order chi connectivity index (χ0) is 11.4. The third-order valence-electron chi connectivity index (χ3n) is 2.96. The van der Waals surface area contributed by atoms with Gasteiger partial charge in [0.15, 0.2) is 9.84 Å². The zero-order valence-electron chi connectivity index (χ0n) is 9.37. The molecule has 0 saturated heterocycles. The molecule has 1 saturated carbocycles. The number of methoxy groups -OCH3 is 1. The normalized spacial score (nSPS) is 19.1. The van der Waals surface area contributed by atoms with Crippen LogP contribution < -0.4 is 5.73 Å². The van der Waals surface area contributed by atoms with E-state index in [4.69, 9.17) is 10.5 Å². The first-order chi connectivity index (χ1) is 7.04. The first-order valence-corrected chi connectivity index (χ1v) is 7.25. The van der Waals surface area contributed by atoms with Crippen LogP contribution in [0.15, 0.2) is 0 Å². The van der Waals surface area contributed by atoms with E-state index in [0.717, 1.165) is 19.3 Å². The van der Waals surface area contributed by atoms with E-state index in [1.807, 2.05) is 0 Å². The summed E-state index contributed by atoms with van der Waals surface area (Å²) >= 11 is 0. The average molecular weight is 235 g/mol. The van der Waals surface area contributed by atoms with Gasteiger partial charge in [0.05, 0.1) is 11.5 Å². The molecule has 0 bridgehead atoms. The molecule has 0 atom stereocenters. The minimum absolute atomic E-state index is 0.0284. The van der Waals surface area contributed by atoms with E-state index in [1.54, 1.807) is 7.11 Å². The Morgan fingerprint density at radius 2 is 2.07 bits per heavy atom. The maximum absolute atomic E-state index is 11.7. The van der Waals surface area contributed by atoms with Crippen LogP contribution >= 0.6 is 0 Å². The monoisotopic (exact) mass is 235 g/mol. The van der Waals surface area contributed by atoms with Gasteiger partial charge in [-0.15, -0.1) is 0 Å². The highest BCUT2D eigenvalue weighted by Crippen LogP contribution is 2.49. The molecule has 4 nitrogen and oxygen atoms in total. The first-order valence-electron chi connectivity index (χ1n) is 5.43. The summed E-state index contributed by atoms with van der Waals surface area (Å²) in [6.07, 6.45) is 3.48. The minimum Gasteiger partial charge on any atom is -0.385 e. The second-order valence-corrected chi connectivity index (χ2v) is 6.66. The summed E-state index contributed by atoms with van der Waals surface area (Å²) in [6.45, 7) is 1.11. The lowest BCUT2D eigenvalue weighted by molar-refractivity contribution is 0.199. The van der Waals surface area contributed by atoms with E-state index in [-0.39, 0.29) is 11.2 Å². The van der Waals surface area contributed by atoms with Crippen LogP contribution in [0.5, 0.6) is 0 Å². The van der Waals surface area contributed by atoms with Gasteiger partial charge in [-0.1, -0.05) is 0 Å². The van der Waals surface area contributed by atoms with Crippen LogP contribution in [0.1, 0.15) is 25.7 Å². The Morgan fingerprint density at radius 1 is 1.40 bits per heavy atom. The lowest BCUT2D eigenvalue weighted by atomic mass is 10.1. The van der Waals surface area contributed by atoms with Crippen LogP contribution in [0, 0.1) is 5.41 Å². The third-order valence-corrected chi connectivity index (χ3v) is 4.92. The maximum atomic E-state index is 11.7. The van der Waals surface area contributed by atoms with E-state index in [2.05, 4.69) is 0 Å². The molecule has 0 unspecified atom stereocenters. The molecule has 15 heavy (non-hydrogen) atoms. The number of rotatable bonds is 8. The number of hydrogen-bond acceptors (Lipinski definition) is 4. The highest BCUT2D eigenvalue weighted by Gasteiger charge is 2.44. The van der Waals surface area contributed by atoms with Crippen molar-refractivity contribution in [1.29, 1.82) is 0 Å². The summed E-state index contributed by atoms with van der Waals surface area (Å²) < 4.78 is 28.3. The van der Waals surface area contributed by atoms with Crippen molar-refractivity contribution in [3.05, 3.63) is 0 Å². The van der Waals surface area contributed by atoms with Crippen molar-refractivity contribution in [3.63, 3.8) is 0 Å². The second-order valence-electron chi connectivity index (χ2n) is 4.48. The molecular weight excluding hydrogens is 214 g/mol. The fraction of sp³-hybridized carbons (Fsp3) is 1.00. The van der Waals surface area contributed by atoms with Crippen LogP contribution in [-0.4, -0.2) is 40.2 Å². The molecule has 1 aliphatic rings. The molecule has 2 N–H and O–H groups in total. The molecule has 0 spiro atoms. The van der Waals surface area contributed by atoms with E-state index >= 15 is 0 Å². The number of nitrogens with two attached hydrogens (primary N) is 1. The van der Waals surface area contributed by atoms with Crippen molar-refractivity contribution < 1.29 is 13.2 Å². The van der Waals surface area contributed by atoms with Gasteiger partial charge < -0.3 is 10.5 Å². The van der Waals surface area contributed by atoms with Crippen molar-refractivity contribution in [1.82, 2.24) is 0 Å². The van der Waals surface area contributed by atoms with Crippen molar-refractivity contribution in [2.75, 3.05) is 31.8 Å². The topological polar surface area (TPSA) is 69.4 Å². The lowest BCUT2D eigenvalue weighted by Crippen LogP contribution is -2.23. The predicted molar refractivity (Wildman–Crippen MR) is 60.5 cm³/mol. The molecule has 0 aliphatic heterocycles. The summed E-state index contributed by atoms with van der Waals surface area (Å²) in [7, 11) is -1.32. The molecule has 0 radical (unpaired) electrons. The number of ether oxygens (including phenoxy) is 1. The van der Waals surface area contributed by atoms with Crippen LogP contribution in [0.4, 0.5) is 0 Å². The molecule has 0 aromatic carbocycles. The van der Waals surface area contributed by atoms with Crippen LogP contribution in [0.3, 0.4) is 0 Å². The van der Waals surface area contributed by atoms with Gasteiger partial charge in [0.2, 0.25) is 0 Å². The Morgan fingerprint density at radius 3 is 2.53 bits per heavy atom. The summed E-state index contributed by atoms with van der Waals surface area (Å²) in [5, 5.41) is 0. The molecule has 5 heteroatoms. The molecule has 1 aliphatic carbocycles. The van der Waals surface area contributed by atoms with E-state index in [1.165, 1.54) is 0 Å². The quantitative estimate of drug-likeness (QED) is 0.624. The number of hydrogen-bond donors (Lipinski definition) is 1. The second kappa shape index (κ2) is 5.27. The first kappa shape index (κ1) is 12.9. The average Bonchev–Trinajstić information content (AvgIpc) is 2.84. The Bertz CT molecular complexity index is 283. The lowest BCUT2D eigenvalue weighted by Gasteiger charge is -2.13. The molecular formula is C10H21NO3S. The van der Waals surface area contributed by atoms with Gasteiger partial charge in [-0.3, -0.25) is 0 Å². The standard InChI is InChI=1S/C10H21NO3S/c1-14-7-2-8-15(12,13)9-10(3-4-10)5-6-11/h2-9,11H2,1H3. The molecule has 90 valence electrons. The highest BCUT2D eigenvalue weighted by molar-refractivity contribution is 7.91. The highest BCUT2D eigenvalue weighted by atomic mass is 32.2. The van der Waals surface area contributed by atoms with Gasteiger partial charge >= 0.3 is 0 Å². The SMILES string of the molecule is COCCCS(=O)(=O)CC1(CCN)CC1. The zero-order valence-corrected chi connectivity index (χ0v) is 10.2. The van der Waals surface area contributed by atoms with Gasteiger partial charge in [0, 0.05) is 13.7 Å². The van der Waals surface area contributed by atoms with E-state index in [0.29, 0.717) is 25.3 Å².